The maximum atomic E-state index is 3.65. The van der Waals surface area contributed by atoms with Crippen LogP contribution in [0.1, 0.15) is 40.0 Å². The van der Waals surface area contributed by atoms with Crippen LogP contribution in [0.5, 0.6) is 0 Å². The molecule has 0 aromatic carbocycles. The molecule has 0 rings (SSSR count). The van der Waals surface area contributed by atoms with Crippen LogP contribution in [0.4, 0.5) is 0 Å². The second kappa shape index (κ2) is 8.25. The Kier molecular flexibility index (Phi) is 8.20. The smallest absolute Gasteiger partial charge is 0.0105 e. The molecule has 0 aromatic rings. The third-order valence-electron chi connectivity index (χ3n) is 2.87. The van der Waals surface area contributed by atoms with E-state index in [1.54, 1.807) is 0 Å². The molecule has 0 aromatic heterocycles. The third kappa shape index (κ3) is 6.39. The molecule has 2 atom stereocenters. The molecule has 0 fully saturated rings. The predicted octanol–water partition coefficient (Wildman–Crippen LogP) is 2.35. The fraction of sp³-hybridized carbons (Fsp3) is 1.00. The van der Waals surface area contributed by atoms with Gasteiger partial charge in [-0.3, -0.25) is 0 Å². The fourth-order valence-electron chi connectivity index (χ4n) is 1.60. The van der Waals surface area contributed by atoms with Gasteiger partial charge in [0.1, 0.15) is 0 Å². The zero-order valence-electron chi connectivity index (χ0n) is 10.6. The van der Waals surface area contributed by atoms with Gasteiger partial charge < -0.3 is 10.2 Å². The molecule has 1 N–H and O–H groups in total. The van der Waals surface area contributed by atoms with Crippen molar-refractivity contribution >= 4 is 0 Å². The van der Waals surface area contributed by atoms with Crippen molar-refractivity contribution in [1.82, 2.24) is 10.2 Å². The molecule has 0 aliphatic rings. The van der Waals surface area contributed by atoms with Gasteiger partial charge in [-0.15, -0.1) is 0 Å². The van der Waals surface area contributed by atoms with Crippen molar-refractivity contribution in [2.24, 2.45) is 5.92 Å². The molecule has 0 saturated heterocycles. The number of nitrogens with one attached hydrogen (secondary N) is 1. The molecule has 2 nitrogen and oxygen atoms in total. The van der Waals surface area contributed by atoms with E-state index in [4.69, 9.17) is 0 Å². The Morgan fingerprint density at radius 1 is 1.21 bits per heavy atom. The Labute approximate surface area is 90.1 Å². The van der Waals surface area contributed by atoms with Gasteiger partial charge in [-0.25, -0.2) is 0 Å². The zero-order chi connectivity index (χ0) is 11.0. The van der Waals surface area contributed by atoms with Crippen LogP contribution in [0.3, 0.4) is 0 Å². The minimum absolute atomic E-state index is 0.697. The summed E-state index contributed by atoms with van der Waals surface area (Å²) < 4.78 is 0. The summed E-state index contributed by atoms with van der Waals surface area (Å²) in [5.41, 5.74) is 0. The lowest BCUT2D eigenvalue weighted by molar-refractivity contribution is 0.300. The average molecular weight is 200 g/mol. The van der Waals surface area contributed by atoms with E-state index in [0.29, 0.717) is 6.04 Å². The van der Waals surface area contributed by atoms with Crippen LogP contribution in [0.2, 0.25) is 0 Å². The first-order valence-electron chi connectivity index (χ1n) is 5.99. The summed E-state index contributed by atoms with van der Waals surface area (Å²) in [6, 6.07) is 0.697. The van der Waals surface area contributed by atoms with Gasteiger partial charge in [0, 0.05) is 6.04 Å². The summed E-state index contributed by atoms with van der Waals surface area (Å²) in [6.07, 6.45) is 3.77. The van der Waals surface area contributed by atoms with Gasteiger partial charge in [0.25, 0.3) is 0 Å². The first-order valence-corrected chi connectivity index (χ1v) is 5.99. The lowest BCUT2D eigenvalue weighted by Crippen LogP contribution is -2.37. The van der Waals surface area contributed by atoms with E-state index in [1.165, 1.54) is 25.8 Å². The molecular formula is C12H28N2. The second-order valence-electron chi connectivity index (χ2n) is 4.54. The van der Waals surface area contributed by atoms with E-state index >= 15 is 0 Å². The lowest BCUT2D eigenvalue weighted by atomic mass is 9.96. The van der Waals surface area contributed by atoms with Gasteiger partial charge in [-0.2, -0.15) is 0 Å². The standard InChI is InChI=1S/C12H28N2/c1-6-9-13-12(11(3)7-2)8-10-14(4)5/h11-13H,6-10H2,1-5H3. The van der Waals surface area contributed by atoms with Crippen LogP contribution in [-0.2, 0) is 0 Å². The quantitative estimate of drug-likeness (QED) is 0.647. The Bertz CT molecular complexity index is 123. The predicted molar refractivity (Wildman–Crippen MR) is 64.7 cm³/mol. The molecule has 14 heavy (non-hydrogen) atoms. The highest BCUT2D eigenvalue weighted by molar-refractivity contribution is 4.73. The van der Waals surface area contributed by atoms with E-state index in [-0.39, 0.29) is 0 Å². The van der Waals surface area contributed by atoms with Gasteiger partial charge in [0.2, 0.25) is 0 Å². The van der Waals surface area contributed by atoms with Crippen molar-refractivity contribution in [2.45, 2.75) is 46.1 Å². The summed E-state index contributed by atoms with van der Waals surface area (Å²) in [6.45, 7) is 9.20. The lowest BCUT2D eigenvalue weighted by Gasteiger charge is -2.25. The summed E-state index contributed by atoms with van der Waals surface area (Å²) in [7, 11) is 4.29. The molecule has 0 spiro atoms. The van der Waals surface area contributed by atoms with Gasteiger partial charge in [0.15, 0.2) is 0 Å². The van der Waals surface area contributed by atoms with Gasteiger partial charge >= 0.3 is 0 Å². The first-order chi connectivity index (χ1) is 6.61. The van der Waals surface area contributed by atoms with Crippen molar-refractivity contribution in [3.05, 3.63) is 0 Å². The average Bonchev–Trinajstić information content (AvgIpc) is 2.16. The van der Waals surface area contributed by atoms with Crippen molar-refractivity contribution in [2.75, 3.05) is 27.2 Å². The van der Waals surface area contributed by atoms with E-state index in [1.807, 2.05) is 0 Å². The molecule has 0 heterocycles. The maximum absolute atomic E-state index is 3.65. The summed E-state index contributed by atoms with van der Waals surface area (Å²) in [5.74, 6) is 0.793. The van der Waals surface area contributed by atoms with Crippen LogP contribution in [0, 0.1) is 5.92 Å². The summed E-state index contributed by atoms with van der Waals surface area (Å²) in [5, 5.41) is 3.65. The largest absolute Gasteiger partial charge is 0.314 e. The number of nitrogens with zero attached hydrogens (tertiary/aromatic N) is 1. The summed E-state index contributed by atoms with van der Waals surface area (Å²) >= 11 is 0. The molecule has 0 saturated carbocycles. The van der Waals surface area contributed by atoms with Gasteiger partial charge in [-0.05, 0) is 45.9 Å². The molecule has 0 radical (unpaired) electrons. The maximum Gasteiger partial charge on any atom is 0.0105 e. The Hall–Kier alpha value is -0.0800. The van der Waals surface area contributed by atoms with E-state index in [0.717, 1.165) is 12.5 Å². The first kappa shape index (κ1) is 13.9. The normalized spacial score (nSPS) is 15.9. The van der Waals surface area contributed by atoms with E-state index in [2.05, 4.69) is 45.1 Å². The topological polar surface area (TPSA) is 15.3 Å². The molecule has 0 bridgehead atoms. The Balaban J connectivity index is 3.84. The van der Waals surface area contributed by atoms with Crippen molar-refractivity contribution < 1.29 is 0 Å². The molecule has 2 unspecified atom stereocenters. The number of hydrogen-bond donors (Lipinski definition) is 1. The minimum atomic E-state index is 0.697. The van der Waals surface area contributed by atoms with Crippen molar-refractivity contribution in [3.63, 3.8) is 0 Å². The third-order valence-corrected chi connectivity index (χ3v) is 2.87. The van der Waals surface area contributed by atoms with Crippen LogP contribution < -0.4 is 5.32 Å². The monoisotopic (exact) mass is 200 g/mol. The van der Waals surface area contributed by atoms with E-state index < -0.39 is 0 Å². The number of rotatable bonds is 8. The second-order valence-corrected chi connectivity index (χ2v) is 4.54. The summed E-state index contributed by atoms with van der Waals surface area (Å²) in [4.78, 5) is 2.27. The highest BCUT2D eigenvalue weighted by atomic mass is 15.1. The minimum Gasteiger partial charge on any atom is -0.314 e. The van der Waals surface area contributed by atoms with E-state index in [9.17, 15) is 0 Å². The zero-order valence-corrected chi connectivity index (χ0v) is 10.6. The molecule has 0 aliphatic heterocycles. The van der Waals surface area contributed by atoms with Crippen LogP contribution in [-0.4, -0.2) is 38.1 Å². The van der Waals surface area contributed by atoms with Gasteiger partial charge in [0.05, 0.1) is 0 Å². The molecular weight excluding hydrogens is 172 g/mol. The van der Waals surface area contributed by atoms with Crippen LogP contribution in [0.25, 0.3) is 0 Å². The highest BCUT2D eigenvalue weighted by Crippen LogP contribution is 2.11. The number of hydrogen-bond acceptors (Lipinski definition) is 2. The van der Waals surface area contributed by atoms with Gasteiger partial charge in [-0.1, -0.05) is 27.2 Å². The highest BCUT2D eigenvalue weighted by Gasteiger charge is 2.14. The Morgan fingerprint density at radius 3 is 2.29 bits per heavy atom. The SMILES string of the molecule is CCCNC(CCN(C)C)C(C)CC. The molecule has 86 valence electrons. The Morgan fingerprint density at radius 2 is 1.86 bits per heavy atom. The van der Waals surface area contributed by atoms with Crippen molar-refractivity contribution in [1.29, 1.82) is 0 Å². The van der Waals surface area contributed by atoms with Crippen LogP contribution >= 0.6 is 0 Å². The van der Waals surface area contributed by atoms with Crippen molar-refractivity contribution in [3.8, 4) is 0 Å². The van der Waals surface area contributed by atoms with Crippen LogP contribution in [0.15, 0.2) is 0 Å². The fourth-order valence-corrected chi connectivity index (χ4v) is 1.60. The molecule has 2 heteroatoms. The molecule has 0 amide bonds. The molecule has 0 aliphatic carbocycles.